The molecule has 0 fully saturated rings. The van der Waals surface area contributed by atoms with Gasteiger partial charge in [-0.25, -0.2) is 0 Å². The van der Waals surface area contributed by atoms with Crippen LogP contribution in [0.4, 0.5) is 0 Å². The average Bonchev–Trinajstić information content (AvgIpc) is 1.80. The fourth-order valence-electron chi connectivity index (χ4n) is 0.589. The molecule has 0 rings (SSSR count). The standard InChI is InChI=1S/C6H15NO3S.H2O/c1-6(11(8,9)10)4-5-7(2)3;/h6H,4-5H2,1-3H3,(H,8,9,10);1H2. The zero-order valence-electron chi connectivity index (χ0n) is 7.61. The maximum Gasteiger partial charge on any atom is 0.267 e. The summed E-state index contributed by atoms with van der Waals surface area (Å²) < 4.78 is 29.5. The lowest BCUT2D eigenvalue weighted by Crippen LogP contribution is -2.23. The van der Waals surface area contributed by atoms with Crippen molar-refractivity contribution in [2.24, 2.45) is 0 Å². The van der Waals surface area contributed by atoms with Crippen molar-refractivity contribution in [3.8, 4) is 0 Å². The third kappa shape index (κ3) is 6.53. The van der Waals surface area contributed by atoms with Crippen molar-refractivity contribution in [2.75, 3.05) is 20.6 Å². The second-order valence-electron chi connectivity index (χ2n) is 2.92. The molecule has 0 spiro atoms. The zero-order valence-corrected chi connectivity index (χ0v) is 8.43. The van der Waals surface area contributed by atoms with Gasteiger partial charge >= 0.3 is 0 Å². The Morgan fingerprint density at radius 2 is 1.83 bits per heavy atom. The van der Waals surface area contributed by atoms with Crippen LogP contribution in [0.2, 0.25) is 0 Å². The molecule has 0 bridgehead atoms. The molecule has 0 aliphatic carbocycles. The Labute approximate surface area is 73.4 Å². The van der Waals surface area contributed by atoms with Gasteiger partial charge in [0.15, 0.2) is 0 Å². The molecular formula is C6H17NO4S. The monoisotopic (exact) mass is 199 g/mol. The molecule has 12 heavy (non-hydrogen) atoms. The van der Waals surface area contributed by atoms with Gasteiger partial charge in [-0.15, -0.1) is 0 Å². The van der Waals surface area contributed by atoms with E-state index < -0.39 is 15.4 Å². The minimum absolute atomic E-state index is 0. The van der Waals surface area contributed by atoms with Crippen LogP contribution in [0.3, 0.4) is 0 Å². The molecule has 0 aromatic carbocycles. The minimum Gasteiger partial charge on any atom is -0.412 e. The highest BCUT2D eigenvalue weighted by molar-refractivity contribution is 7.86. The van der Waals surface area contributed by atoms with Crippen LogP contribution in [0.15, 0.2) is 0 Å². The molecule has 0 aliphatic heterocycles. The number of hydrogen-bond acceptors (Lipinski definition) is 3. The summed E-state index contributed by atoms with van der Waals surface area (Å²) in [6.07, 6.45) is 0.464. The van der Waals surface area contributed by atoms with Crippen LogP contribution in [-0.4, -0.2) is 49.2 Å². The molecule has 0 aliphatic rings. The predicted octanol–water partition coefficient (Wildman–Crippen LogP) is -0.610. The van der Waals surface area contributed by atoms with Crippen molar-refractivity contribution in [1.29, 1.82) is 0 Å². The first-order chi connectivity index (χ1) is 4.84. The number of hydrogen-bond donors (Lipinski definition) is 1. The SMILES string of the molecule is CC(CCN(C)C)S(=O)(=O)O.O. The summed E-state index contributed by atoms with van der Waals surface area (Å²) in [5.41, 5.74) is 0. The van der Waals surface area contributed by atoms with Gasteiger partial charge in [0, 0.05) is 0 Å². The van der Waals surface area contributed by atoms with Gasteiger partial charge in [0.2, 0.25) is 0 Å². The first-order valence-corrected chi connectivity index (χ1v) is 4.95. The van der Waals surface area contributed by atoms with E-state index in [1.165, 1.54) is 6.92 Å². The molecule has 1 unspecified atom stereocenters. The fraction of sp³-hybridized carbons (Fsp3) is 1.00. The summed E-state index contributed by atoms with van der Waals surface area (Å²) in [6.45, 7) is 2.17. The topological polar surface area (TPSA) is 89.1 Å². The lowest BCUT2D eigenvalue weighted by molar-refractivity contribution is 0.389. The Hall–Kier alpha value is -0.170. The molecule has 3 N–H and O–H groups in total. The summed E-state index contributed by atoms with van der Waals surface area (Å²) in [4.78, 5) is 1.88. The number of rotatable bonds is 4. The molecule has 0 aromatic heterocycles. The Bertz CT molecular complexity index is 200. The normalized spacial score (nSPS) is 14.1. The Kier molecular flexibility index (Phi) is 6.55. The van der Waals surface area contributed by atoms with Gasteiger partial charge in [0.25, 0.3) is 10.1 Å². The van der Waals surface area contributed by atoms with Crippen LogP contribution in [0, 0.1) is 0 Å². The second-order valence-corrected chi connectivity index (χ2v) is 4.75. The molecule has 0 amide bonds. The Morgan fingerprint density at radius 3 is 2.08 bits per heavy atom. The summed E-state index contributed by atoms with van der Waals surface area (Å²) in [5, 5.41) is -0.662. The van der Waals surface area contributed by atoms with Crippen molar-refractivity contribution in [3.63, 3.8) is 0 Å². The summed E-state index contributed by atoms with van der Waals surface area (Å²) in [6, 6.07) is 0. The molecule has 0 aromatic rings. The van der Waals surface area contributed by atoms with E-state index in [0.29, 0.717) is 13.0 Å². The molecule has 1 atom stereocenters. The minimum atomic E-state index is -3.83. The van der Waals surface area contributed by atoms with Gasteiger partial charge in [-0.2, -0.15) is 8.42 Å². The van der Waals surface area contributed by atoms with Crippen LogP contribution >= 0.6 is 0 Å². The van der Waals surface area contributed by atoms with E-state index in [1.54, 1.807) is 0 Å². The molecule has 6 heteroatoms. The maximum atomic E-state index is 10.5. The van der Waals surface area contributed by atoms with Crippen molar-refractivity contribution in [3.05, 3.63) is 0 Å². The van der Waals surface area contributed by atoms with E-state index in [-0.39, 0.29) is 5.48 Å². The van der Waals surface area contributed by atoms with E-state index in [9.17, 15) is 8.42 Å². The molecule has 76 valence electrons. The molecule has 5 nitrogen and oxygen atoms in total. The van der Waals surface area contributed by atoms with Gasteiger partial charge in [-0.05, 0) is 34.0 Å². The van der Waals surface area contributed by atoms with E-state index in [0.717, 1.165) is 0 Å². The first-order valence-electron chi connectivity index (χ1n) is 3.45. The van der Waals surface area contributed by atoms with Gasteiger partial charge in [-0.3, -0.25) is 4.55 Å². The lowest BCUT2D eigenvalue weighted by atomic mass is 10.3. The highest BCUT2D eigenvalue weighted by Gasteiger charge is 2.16. The average molecular weight is 199 g/mol. The highest BCUT2D eigenvalue weighted by Crippen LogP contribution is 2.02. The van der Waals surface area contributed by atoms with Crippen LogP contribution < -0.4 is 0 Å². The first kappa shape index (κ1) is 14.4. The van der Waals surface area contributed by atoms with Crippen LogP contribution in [-0.2, 0) is 10.1 Å². The molecular weight excluding hydrogens is 182 g/mol. The van der Waals surface area contributed by atoms with E-state index in [4.69, 9.17) is 4.55 Å². The largest absolute Gasteiger partial charge is 0.412 e. The van der Waals surface area contributed by atoms with Crippen molar-refractivity contribution in [2.45, 2.75) is 18.6 Å². The second kappa shape index (κ2) is 5.47. The molecule has 0 saturated heterocycles. The molecule has 0 radical (unpaired) electrons. The van der Waals surface area contributed by atoms with Crippen molar-refractivity contribution >= 4 is 10.1 Å². The summed E-state index contributed by atoms with van der Waals surface area (Å²) >= 11 is 0. The smallest absolute Gasteiger partial charge is 0.267 e. The lowest BCUT2D eigenvalue weighted by Gasteiger charge is -2.12. The third-order valence-corrected chi connectivity index (χ3v) is 2.74. The molecule has 0 heterocycles. The van der Waals surface area contributed by atoms with Gasteiger partial charge in [0.05, 0.1) is 5.25 Å². The summed E-state index contributed by atoms with van der Waals surface area (Å²) in [7, 11) is -0.109. The van der Waals surface area contributed by atoms with Gasteiger partial charge in [-0.1, -0.05) is 0 Å². The Balaban J connectivity index is 0. The summed E-state index contributed by atoms with van der Waals surface area (Å²) in [5.74, 6) is 0. The van der Waals surface area contributed by atoms with E-state index in [1.807, 2.05) is 19.0 Å². The Morgan fingerprint density at radius 1 is 1.42 bits per heavy atom. The zero-order chi connectivity index (χ0) is 9.07. The van der Waals surface area contributed by atoms with Gasteiger partial charge in [0.1, 0.15) is 0 Å². The quantitative estimate of drug-likeness (QED) is 0.612. The van der Waals surface area contributed by atoms with Crippen LogP contribution in [0.5, 0.6) is 0 Å². The van der Waals surface area contributed by atoms with Gasteiger partial charge < -0.3 is 10.4 Å². The highest BCUT2D eigenvalue weighted by atomic mass is 32.2. The van der Waals surface area contributed by atoms with E-state index >= 15 is 0 Å². The predicted molar refractivity (Wildman–Crippen MR) is 47.8 cm³/mol. The van der Waals surface area contributed by atoms with Crippen molar-refractivity contribution in [1.82, 2.24) is 4.90 Å². The van der Waals surface area contributed by atoms with Crippen LogP contribution in [0.1, 0.15) is 13.3 Å². The fourth-order valence-corrected chi connectivity index (χ4v) is 0.992. The van der Waals surface area contributed by atoms with E-state index in [2.05, 4.69) is 0 Å². The van der Waals surface area contributed by atoms with Crippen molar-refractivity contribution < 1.29 is 18.4 Å². The van der Waals surface area contributed by atoms with Crippen LogP contribution in [0.25, 0.3) is 0 Å². The third-order valence-electron chi connectivity index (χ3n) is 1.49. The maximum absolute atomic E-state index is 10.5. The number of nitrogens with zero attached hydrogens (tertiary/aromatic N) is 1. The molecule has 0 saturated carbocycles.